The average molecular weight is 311 g/mol. The molecule has 3 heterocycles. The number of rotatable bonds is 1. The molecule has 0 aliphatic rings. The van der Waals surface area contributed by atoms with Crippen LogP contribution in [0.25, 0.3) is 38.2 Å². The van der Waals surface area contributed by atoms with Gasteiger partial charge in [-0.3, -0.25) is 4.98 Å². The Bertz CT molecular complexity index is 1230. The van der Waals surface area contributed by atoms with Gasteiger partial charge >= 0.3 is 0 Å². The Hall–Kier alpha value is -2.94. The van der Waals surface area contributed by atoms with E-state index < -0.39 is 0 Å². The van der Waals surface area contributed by atoms with Gasteiger partial charge in [-0.1, -0.05) is 50.2 Å². The predicted molar refractivity (Wildman–Crippen MR) is 99.6 cm³/mol. The van der Waals surface area contributed by atoms with Crippen molar-refractivity contribution < 1.29 is 0 Å². The van der Waals surface area contributed by atoms with Crippen molar-refractivity contribution in [1.29, 1.82) is 0 Å². The molecule has 0 saturated carbocycles. The smallest absolute Gasteiger partial charge is 0.101 e. The number of nitrogens with zero attached hydrogens (tertiary/aromatic N) is 3. The molecule has 116 valence electrons. The Morgan fingerprint density at radius 1 is 0.875 bits per heavy atom. The SMILES string of the molecule is CC(C)c1cccc2nn3c4ccccc4c4cccnc4c3c12. The fourth-order valence-corrected chi connectivity index (χ4v) is 3.73. The maximum Gasteiger partial charge on any atom is 0.101 e. The van der Waals surface area contributed by atoms with E-state index in [9.17, 15) is 0 Å². The maximum atomic E-state index is 4.91. The molecule has 24 heavy (non-hydrogen) atoms. The van der Waals surface area contributed by atoms with Crippen LogP contribution in [0, 0.1) is 0 Å². The van der Waals surface area contributed by atoms with E-state index in [4.69, 9.17) is 10.1 Å². The molecule has 0 unspecified atom stereocenters. The van der Waals surface area contributed by atoms with E-state index in [2.05, 4.69) is 66.9 Å². The molecule has 0 spiro atoms. The minimum Gasteiger partial charge on any atom is -0.254 e. The minimum atomic E-state index is 0.437. The van der Waals surface area contributed by atoms with Crippen LogP contribution >= 0.6 is 0 Å². The summed E-state index contributed by atoms with van der Waals surface area (Å²) in [7, 11) is 0. The molecule has 0 aliphatic heterocycles. The number of pyridine rings is 2. The number of hydrogen-bond acceptors (Lipinski definition) is 2. The van der Waals surface area contributed by atoms with E-state index in [0.717, 1.165) is 22.1 Å². The van der Waals surface area contributed by atoms with Gasteiger partial charge in [-0.2, -0.15) is 5.10 Å². The highest BCUT2D eigenvalue weighted by molar-refractivity contribution is 6.17. The molecule has 0 N–H and O–H groups in total. The van der Waals surface area contributed by atoms with E-state index >= 15 is 0 Å². The van der Waals surface area contributed by atoms with Crippen LogP contribution in [0.5, 0.6) is 0 Å². The third-order valence-electron chi connectivity index (χ3n) is 4.81. The first-order chi connectivity index (χ1) is 11.8. The molecule has 3 heteroatoms. The van der Waals surface area contributed by atoms with Crippen LogP contribution in [0.15, 0.2) is 60.8 Å². The van der Waals surface area contributed by atoms with E-state index in [1.165, 1.54) is 21.7 Å². The zero-order valence-electron chi connectivity index (χ0n) is 13.7. The summed E-state index contributed by atoms with van der Waals surface area (Å²) in [4.78, 5) is 4.72. The summed E-state index contributed by atoms with van der Waals surface area (Å²) in [5.41, 5.74) is 5.61. The molecule has 3 aromatic heterocycles. The van der Waals surface area contributed by atoms with Crippen LogP contribution in [-0.4, -0.2) is 14.6 Å². The van der Waals surface area contributed by atoms with Gasteiger partial charge < -0.3 is 0 Å². The second kappa shape index (κ2) is 4.78. The molecule has 5 aromatic rings. The van der Waals surface area contributed by atoms with Crippen molar-refractivity contribution in [3.8, 4) is 0 Å². The van der Waals surface area contributed by atoms with Gasteiger partial charge in [0.1, 0.15) is 5.52 Å². The Morgan fingerprint density at radius 3 is 2.58 bits per heavy atom. The fraction of sp³-hybridized carbons (Fsp3) is 0.143. The summed E-state index contributed by atoms with van der Waals surface area (Å²) in [5, 5.41) is 8.51. The van der Waals surface area contributed by atoms with Crippen LogP contribution < -0.4 is 0 Å². The Balaban J connectivity index is 2.19. The zero-order valence-corrected chi connectivity index (χ0v) is 13.7. The molecule has 0 bridgehead atoms. The van der Waals surface area contributed by atoms with Crippen molar-refractivity contribution in [2.75, 3.05) is 0 Å². The molecule has 0 amide bonds. The van der Waals surface area contributed by atoms with Crippen LogP contribution in [0.1, 0.15) is 25.3 Å². The van der Waals surface area contributed by atoms with Crippen LogP contribution in [0.4, 0.5) is 0 Å². The number of para-hydroxylation sites is 1. The highest BCUT2D eigenvalue weighted by atomic mass is 15.2. The maximum absolute atomic E-state index is 4.91. The molecule has 0 radical (unpaired) electrons. The summed E-state index contributed by atoms with van der Waals surface area (Å²) < 4.78 is 2.07. The van der Waals surface area contributed by atoms with Crippen molar-refractivity contribution in [3.05, 3.63) is 66.4 Å². The first-order valence-corrected chi connectivity index (χ1v) is 8.32. The second-order valence-electron chi connectivity index (χ2n) is 6.57. The number of aromatic nitrogens is 3. The molecule has 0 fully saturated rings. The first kappa shape index (κ1) is 13.5. The van der Waals surface area contributed by atoms with Gasteiger partial charge in [-0.05, 0) is 29.7 Å². The normalized spacial score (nSPS) is 12.1. The average Bonchev–Trinajstić information content (AvgIpc) is 3.02. The van der Waals surface area contributed by atoms with Gasteiger partial charge in [0.25, 0.3) is 0 Å². The van der Waals surface area contributed by atoms with Crippen LogP contribution in [0.2, 0.25) is 0 Å². The van der Waals surface area contributed by atoms with Gasteiger partial charge in [-0.25, -0.2) is 4.52 Å². The van der Waals surface area contributed by atoms with Crippen molar-refractivity contribution in [1.82, 2.24) is 14.6 Å². The van der Waals surface area contributed by atoms with E-state index in [-0.39, 0.29) is 0 Å². The lowest BCUT2D eigenvalue weighted by Gasteiger charge is -2.09. The topological polar surface area (TPSA) is 30.2 Å². The highest BCUT2D eigenvalue weighted by Gasteiger charge is 2.17. The standard InChI is InChI=1S/C21H17N3/c1-13(2)14-8-5-10-17-19(14)21-20-16(9-6-12-22-20)15-7-3-4-11-18(15)24(21)23-17/h3-13H,1-2H3. The van der Waals surface area contributed by atoms with Gasteiger partial charge in [0.2, 0.25) is 0 Å². The number of fused-ring (bicyclic) bond motifs is 8. The molecule has 0 saturated heterocycles. The lowest BCUT2D eigenvalue weighted by Crippen LogP contribution is -1.94. The summed E-state index contributed by atoms with van der Waals surface area (Å²) in [6.07, 6.45) is 1.87. The summed E-state index contributed by atoms with van der Waals surface area (Å²) >= 11 is 0. The van der Waals surface area contributed by atoms with Crippen molar-refractivity contribution in [2.24, 2.45) is 0 Å². The van der Waals surface area contributed by atoms with Crippen molar-refractivity contribution in [2.45, 2.75) is 19.8 Å². The lowest BCUT2D eigenvalue weighted by molar-refractivity contribution is 0.877. The van der Waals surface area contributed by atoms with E-state index in [1.54, 1.807) is 0 Å². The third kappa shape index (κ3) is 1.67. The number of hydrogen-bond donors (Lipinski definition) is 0. The van der Waals surface area contributed by atoms with E-state index in [0.29, 0.717) is 5.92 Å². The highest BCUT2D eigenvalue weighted by Crippen LogP contribution is 2.35. The Morgan fingerprint density at radius 2 is 1.71 bits per heavy atom. The van der Waals surface area contributed by atoms with Gasteiger partial charge in [0, 0.05) is 22.4 Å². The minimum absolute atomic E-state index is 0.437. The predicted octanol–water partition coefficient (Wildman–Crippen LogP) is 5.31. The van der Waals surface area contributed by atoms with Gasteiger partial charge in [0.15, 0.2) is 0 Å². The third-order valence-corrected chi connectivity index (χ3v) is 4.81. The second-order valence-corrected chi connectivity index (χ2v) is 6.57. The van der Waals surface area contributed by atoms with Crippen molar-refractivity contribution >= 4 is 38.2 Å². The summed E-state index contributed by atoms with van der Waals surface area (Å²) in [5.74, 6) is 0.437. The molecule has 5 rings (SSSR count). The fourth-order valence-electron chi connectivity index (χ4n) is 3.73. The van der Waals surface area contributed by atoms with Gasteiger partial charge in [0.05, 0.1) is 16.6 Å². The van der Waals surface area contributed by atoms with Crippen LogP contribution in [0.3, 0.4) is 0 Å². The Labute approximate surface area is 139 Å². The molecule has 0 aliphatic carbocycles. The van der Waals surface area contributed by atoms with Gasteiger partial charge in [-0.15, -0.1) is 0 Å². The molecule has 3 nitrogen and oxygen atoms in total. The summed E-state index contributed by atoms with van der Waals surface area (Å²) in [6, 6.07) is 19.0. The van der Waals surface area contributed by atoms with Crippen LogP contribution in [-0.2, 0) is 0 Å². The summed E-state index contributed by atoms with van der Waals surface area (Å²) in [6.45, 7) is 4.46. The zero-order chi connectivity index (χ0) is 16.3. The first-order valence-electron chi connectivity index (χ1n) is 8.32. The Kier molecular flexibility index (Phi) is 2.69. The molecule has 0 atom stereocenters. The quantitative estimate of drug-likeness (QED) is 0.393. The molecular formula is C21H17N3. The van der Waals surface area contributed by atoms with Crippen molar-refractivity contribution in [3.63, 3.8) is 0 Å². The molecule has 2 aromatic carbocycles. The van der Waals surface area contributed by atoms with E-state index in [1.807, 2.05) is 12.3 Å². The molecular weight excluding hydrogens is 294 g/mol. The monoisotopic (exact) mass is 311 g/mol. The largest absolute Gasteiger partial charge is 0.254 e. The lowest BCUT2D eigenvalue weighted by atomic mass is 9.97. The number of benzene rings is 2.